The fraction of sp³-hybridized carbons (Fsp3) is 0.115. The lowest BCUT2D eigenvalue weighted by Gasteiger charge is -2.08. The quantitative estimate of drug-likeness (QED) is 0.293. The number of hydrogen-bond acceptors (Lipinski definition) is 8. The second-order valence-corrected chi connectivity index (χ2v) is 7.20. The molecule has 0 aliphatic heterocycles. The molecule has 0 saturated carbocycles. The summed E-state index contributed by atoms with van der Waals surface area (Å²) in [5.74, 6) is 0.343. The zero-order valence-electron chi connectivity index (χ0n) is 18.4. The molecule has 3 aromatic carbocycles. The highest BCUT2D eigenvalue weighted by Gasteiger charge is 2.13. The minimum Gasteiger partial charge on any atom is -0.497 e. The molecule has 0 spiro atoms. The lowest BCUT2D eigenvalue weighted by Crippen LogP contribution is -2.11. The molecule has 0 saturated heterocycles. The van der Waals surface area contributed by atoms with Gasteiger partial charge in [-0.25, -0.2) is 4.79 Å². The molecule has 0 unspecified atom stereocenters. The summed E-state index contributed by atoms with van der Waals surface area (Å²) in [4.78, 5) is 36.6. The molecule has 0 aliphatic rings. The van der Waals surface area contributed by atoms with Gasteiger partial charge < -0.3 is 23.4 Å². The van der Waals surface area contributed by atoms with Crippen molar-refractivity contribution >= 4 is 22.9 Å². The Hall–Kier alpha value is -4.59. The van der Waals surface area contributed by atoms with Crippen LogP contribution in [-0.4, -0.2) is 26.2 Å². The molecule has 0 atom stereocenters. The number of hydrogen-bond donors (Lipinski definition) is 0. The van der Waals surface area contributed by atoms with Crippen LogP contribution in [0.4, 0.5) is 0 Å². The van der Waals surface area contributed by atoms with Gasteiger partial charge in [-0.05, 0) is 54.1 Å². The van der Waals surface area contributed by atoms with Gasteiger partial charge in [-0.3, -0.25) is 9.59 Å². The molecule has 8 nitrogen and oxygen atoms in total. The van der Waals surface area contributed by atoms with Crippen LogP contribution in [0.5, 0.6) is 23.0 Å². The molecule has 0 fully saturated rings. The van der Waals surface area contributed by atoms with Crippen molar-refractivity contribution in [1.82, 2.24) is 0 Å². The highest BCUT2D eigenvalue weighted by molar-refractivity contribution is 5.89. The first-order valence-electron chi connectivity index (χ1n) is 10.2. The Bertz CT molecular complexity index is 1390. The monoisotopic (exact) mass is 460 g/mol. The molecule has 0 aliphatic carbocycles. The molecule has 34 heavy (non-hydrogen) atoms. The van der Waals surface area contributed by atoms with Crippen molar-refractivity contribution in [3.8, 4) is 23.0 Å². The normalized spacial score (nSPS) is 10.5. The summed E-state index contributed by atoms with van der Waals surface area (Å²) >= 11 is 0. The Morgan fingerprint density at radius 3 is 2.21 bits per heavy atom. The highest BCUT2D eigenvalue weighted by Crippen LogP contribution is 2.25. The highest BCUT2D eigenvalue weighted by atomic mass is 16.5. The van der Waals surface area contributed by atoms with E-state index < -0.39 is 17.4 Å². The van der Waals surface area contributed by atoms with E-state index in [1.165, 1.54) is 43.7 Å². The van der Waals surface area contributed by atoms with E-state index in [0.717, 1.165) is 5.56 Å². The van der Waals surface area contributed by atoms with Crippen molar-refractivity contribution in [1.29, 1.82) is 0 Å². The van der Waals surface area contributed by atoms with Crippen molar-refractivity contribution in [3.63, 3.8) is 0 Å². The lowest BCUT2D eigenvalue weighted by atomic mass is 10.1. The van der Waals surface area contributed by atoms with Crippen LogP contribution in [0.25, 0.3) is 11.0 Å². The predicted octanol–water partition coefficient (Wildman–Crippen LogP) is 4.53. The summed E-state index contributed by atoms with van der Waals surface area (Å²) in [7, 11) is 2.86. The molecule has 1 aromatic heterocycles. The first-order valence-corrected chi connectivity index (χ1v) is 10.2. The molecule has 1 heterocycles. The van der Waals surface area contributed by atoms with Crippen LogP contribution in [0.2, 0.25) is 0 Å². The van der Waals surface area contributed by atoms with E-state index >= 15 is 0 Å². The Kier molecular flexibility index (Phi) is 6.59. The number of methoxy groups -OCH3 is 2. The molecule has 0 bridgehead atoms. The number of rotatable bonds is 7. The van der Waals surface area contributed by atoms with Gasteiger partial charge in [0.25, 0.3) is 0 Å². The number of carbonyl (C=O) groups excluding carboxylic acids is 2. The minimum absolute atomic E-state index is 0.0254. The van der Waals surface area contributed by atoms with Crippen molar-refractivity contribution < 1.29 is 33.0 Å². The summed E-state index contributed by atoms with van der Waals surface area (Å²) in [6.45, 7) is 0. The first kappa shape index (κ1) is 22.6. The number of carbonyl (C=O) groups is 2. The van der Waals surface area contributed by atoms with Crippen molar-refractivity contribution in [2.45, 2.75) is 6.42 Å². The van der Waals surface area contributed by atoms with Crippen LogP contribution >= 0.6 is 0 Å². The van der Waals surface area contributed by atoms with Crippen LogP contribution in [0.1, 0.15) is 15.9 Å². The summed E-state index contributed by atoms with van der Waals surface area (Å²) in [5.41, 5.74) is 0.983. The average Bonchev–Trinajstić information content (AvgIpc) is 2.86. The first-order chi connectivity index (χ1) is 16.5. The Morgan fingerprint density at radius 2 is 1.53 bits per heavy atom. The van der Waals surface area contributed by atoms with Gasteiger partial charge in [-0.2, -0.15) is 0 Å². The van der Waals surface area contributed by atoms with Crippen LogP contribution in [-0.2, 0) is 16.0 Å². The SMILES string of the molecule is COC(=O)c1ccc(Oc2coc3cc(OC(=O)Cc4ccc(OC)cc4)ccc3c2=O)cc1. The molecule has 0 N–H and O–H groups in total. The number of esters is 2. The van der Waals surface area contributed by atoms with Crippen molar-refractivity contribution in [3.05, 3.63) is 94.3 Å². The summed E-state index contributed by atoms with van der Waals surface area (Å²) < 4.78 is 26.3. The topological polar surface area (TPSA) is 101 Å². The maximum atomic E-state index is 12.8. The Balaban J connectivity index is 1.47. The van der Waals surface area contributed by atoms with Gasteiger partial charge in [-0.1, -0.05) is 12.1 Å². The number of fused-ring (bicyclic) bond motifs is 1. The van der Waals surface area contributed by atoms with E-state index in [1.807, 2.05) is 0 Å². The number of benzene rings is 3. The zero-order chi connectivity index (χ0) is 24.1. The molecular formula is C26H20O8. The van der Waals surface area contributed by atoms with E-state index in [1.54, 1.807) is 43.5 Å². The van der Waals surface area contributed by atoms with Gasteiger partial charge in [0, 0.05) is 6.07 Å². The predicted molar refractivity (Wildman–Crippen MR) is 123 cm³/mol. The average molecular weight is 460 g/mol. The van der Waals surface area contributed by atoms with Crippen LogP contribution in [0, 0.1) is 0 Å². The third-order valence-electron chi connectivity index (χ3n) is 4.96. The second-order valence-electron chi connectivity index (χ2n) is 7.20. The fourth-order valence-corrected chi connectivity index (χ4v) is 3.21. The maximum Gasteiger partial charge on any atom is 0.337 e. The third-order valence-corrected chi connectivity index (χ3v) is 4.96. The maximum absolute atomic E-state index is 12.8. The minimum atomic E-state index is -0.475. The van der Waals surface area contributed by atoms with E-state index in [-0.39, 0.29) is 28.9 Å². The molecule has 172 valence electrons. The summed E-state index contributed by atoms with van der Waals surface area (Å²) in [6, 6.07) is 17.7. The largest absolute Gasteiger partial charge is 0.497 e. The third kappa shape index (κ3) is 5.07. The Morgan fingerprint density at radius 1 is 0.853 bits per heavy atom. The van der Waals surface area contributed by atoms with Gasteiger partial charge in [0.1, 0.15) is 29.1 Å². The van der Waals surface area contributed by atoms with E-state index in [9.17, 15) is 14.4 Å². The van der Waals surface area contributed by atoms with Gasteiger partial charge in [0.2, 0.25) is 11.2 Å². The fourth-order valence-electron chi connectivity index (χ4n) is 3.21. The smallest absolute Gasteiger partial charge is 0.337 e. The van der Waals surface area contributed by atoms with E-state index in [0.29, 0.717) is 17.1 Å². The summed E-state index contributed by atoms with van der Waals surface area (Å²) in [6.07, 6.45) is 1.26. The van der Waals surface area contributed by atoms with Gasteiger partial charge in [0.15, 0.2) is 0 Å². The van der Waals surface area contributed by atoms with Crippen LogP contribution in [0.3, 0.4) is 0 Å². The van der Waals surface area contributed by atoms with Gasteiger partial charge >= 0.3 is 11.9 Å². The lowest BCUT2D eigenvalue weighted by molar-refractivity contribution is -0.133. The zero-order valence-corrected chi connectivity index (χ0v) is 18.4. The van der Waals surface area contributed by atoms with E-state index in [4.69, 9.17) is 18.6 Å². The molecule has 4 aromatic rings. The second kappa shape index (κ2) is 9.91. The van der Waals surface area contributed by atoms with Crippen LogP contribution < -0.4 is 19.6 Å². The van der Waals surface area contributed by atoms with Gasteiger partial charge in [0.05, 0.1) is 31.6 Å². The molecule has 4 rings (SSSR count). The summed E-state index contributed by atoms with van der Waals surface area (Å²) in [5, 5.41) is 0.263. The Labute approximate surface area is 194 Å². The molecule has 0 amide bonds. The van der Waals surface area contributed by atoms with Crippen molar-refractivity contribution in [2.75, 3.05) is 14.2 Å². The van der Waals surface area contributed by atoms with E-state index in [2.05, 4.69) is 4.74 Å². The molecule has 0 radical (unpaired) electrons. The molecular weight excluding hydrogens is 440 g/mol. The standard InChI is InChI=1S/C26H20O8/c1-30-18-7-3-16(4-8-18)13-24(27)34-20-11-12-21-22(14-20)32-15-23(25(21)28)33-19-9-5-17(6-10-19)26(29)31-2/h3-12,14-15H,13H2,1-2H3. The van der Waals surface area contributed by atoms with Crippen molar-refractivity contribution in [2.24, 2.45) is 0 Å². The van der Waals surface area contributed by atoms with Crippen LogP contribution in [0.15, 0.2) is 82.2 Å². The van der Waals surface area contributed by atoms with Gasteiger partial charge in [-0.15, -0.1) is 0 Å². The molecule has 8 heteroatoms. The number of ether oxygens (including phenoxy) is 4.